The van der Waals surface area contributed by atoms with Crippen LogP contribution in [0.25, 0.3) is 0 Å². The Morgan fingerprint density at radius 1 is 1.27 bits per heavy atom. The van der Waals surface area contributed by atoms with Gasteiger partial charge in [-0.05, 0) is 44.0 Å². The third-order valence-electron chi connectivity index (χ3n) is 2.60. The monoisotopic (exact) mass is 201 g/mol. The van der Waals surface area contributed by atoms with E-state index in [4.69, 9.17) is 6.42 Å². The van der Waals surface area contributed by atoms with Gasteiger partial charge in [-0.3, -0.25) is 0 Å². The van der Waals surface area contributed by atoms with Gasteiger partial charge < -0.3 is 5.32 Å². The number of aryl methyl sites for hydroxylation is 3. The van der Waals surface area contributed by atoms with Crippen LogP contribution < -0.4 is 5.32 Å². The Kier molecular flexibility index (Phi) is 3.94. The molecule has 1 nitrogen and oxygen atoms in total. The number of hydrogen-bond acceptors (Lipinski definition) is 1. The molecule has 0 aliphatic carbocycles. The summed E-state index contributed by atoms with van der Waals surface area (Å²) >= 11 is 0. The minimum Gasteiger partial charge on any atom is -0.300 e. The molecule has 0 spiro atoms. The van der Waals surface area contributed by atoms with Gasteiger partial charge in [-0.25, -0.2) is 0 Å². The van der Waals surface area contributed by atoms with Crippen LogP contribution in [0.3, 0.4) is 0 Å². The van der Waals surface area contributed by atoms with Crippen molar-refractivity contribution in [3.05, 3.63) is 34.4 Å². The fourth-order valence-corrected chi connectivity index (χ4v) is 2.09. The molecule has 0 bridgehead atoms. The summed E-state index contributed by atoms with van der Waals surface area (Å²) in [7, 11) is 0. The van der Waals surface area contributed by atoms with Crippen LogP contribution in [0.2, 0.25) is 0 Å². The molecule has 0 fully saturated rings. The smallest absolute Gasteiger partial charge is 0.0948 e. The zero-order chi connectivity index (χ0) is 11.4. The first-order valence-electron chi connectivity index (χ1n) is 5.37. The van der Waals surface area contributed by atoms with Crippen molar-refractivity contribution in [1.29, 1.82) is 0 Å². The second kappa shape index (κ2) is 5.00. The van der Waals surface area contributed by atoms with Crippen LogP contribution in [0.5, 0.6) is 0 Å². The van der Waals surface area contributed by atoms with Crippen molar-refractivity contribution in [2.75, 3.05) is 6.54 Å². The van der Waals surface area contributed by atoms with Gasteiger partial charge in [0, 0.05) is 0 Å². The summed E-state index contributed by atoms with van der Waals surface area (Å²) in [6.07, 6.45) is 5.55. The van der Waals surface area contributed by atoms with Gasteiger partial charge in [-0.1, -0.05) is 30.5 Å². The summed E-state index contributed by atoms with van der Waals surface area (Å²) in [5.41, 5.74) is 5.10. The van der Waals surface area contributed by atoms with Crippen molar-refractivity contribution in [1.82, 2.24) is 5.32 Å². The van der Waals surface area contributed by atoms with Crippen LogP contribution >= 0.6 is 0 Å². The van der Waals surface area contributed by atoms with E-state index >= 15 is 0 Å². The van der Waals surface area contributed by atoms with Gasteiger partial charge in [0.25, 0.3) is 0 Å². The second-order valence-electron chi connectivity index (χ2n) is 3.97. The highest BCUT2D eigenvalue weighted by Crippen LogP contribution is 2.22. The molecule has 80 valence electrons. The maximum Gasteiger partial charge on any atom is 0.0948 e. The van der Waals surface area contributed by atoms with E-state index < -0.39 is 0 Å². The molecule has 1 N–H and O–H groups in total. The Labute approximate surface area is 92.9 Å². The Bertz CT molecular complexity index is 362. The lowest BCUT2D eigenvalue weighted by atomic mass is 9.94. The summed E-state index contributed by atoms with van der Waals surface area (Å²) in [6.45, 7) is 9.32. The second-order valence-corrected chi connectivity index (χ2v) is 3.97. The molecule has 0 saturated carbocycles. The van der Waals surface area contributed by atoms with Crippen LogP contribution in [-0.4, -0.2) is 6.54 Å². The van der Waals surface area contributed by atoms with Crippen molar-refractivity contribution in [3.8, 4) is 12.3 Å². The summed E-state index contributed by atoms with van der Waals surface area (Å²) in [6, 6.07) is 4.41. The summed E-state index contributed by atoms with van der Waals surface area (Å²) in [5, 5.41) is 3.31. The van der Waals surface area contributed by atoms with E-state index in [-0.39, 0.29) is 6.04 Å². The maximum absolute atomic E-state index is 5.55. The van der Waals surface area contributed by atoms with Gasteiger partial charge in [0.05, 0.1) is 6.04 Å². The lowest BCUT2D eigenvalue weighted by molar-refractivity contribution is 0.658. The fourth-order valence-electron chi connectivity index (χ4n) is 2.09. The first-order chi connectivity index (χ1) is 7.10. The molecule has 1 aromatic carbocycles. The topological polar surface area (TPSA) is 12.0 Å². The highest BCUT2D eigenvalue weighted by atomic mass is 14.9. The maximum atomic E-state index is 5.55. The number of terminal acetylenes is 1. The largest absolute Gasteiger partial charge is 0.300 e. The molecule has 0 aliphatic rings. The Balaban J connectivity index is 3.18. The molecule has 1 atom stereocenters. The molecule has 0 aliphatic heterocycles. The van der Waals surface area contributed by atoms with Crippen molar-refractivity contribution in [2.45, 2.75) is 33.7 Å². The molecule has 0 radical (unpaired) electrons. The highest BCUT2D eigenvalue weighted by Gasteiger charge is 2.12. The standard InChI is InChI=1S/C14H19N/c1-6-13(15-7-2)14-11(4)8-10(3)9-12(14)5/h1,8-9,13,15H,7H2,2-5H3. The zero-order valence-corrected chi connectivity index (χ0v) is 10.0. The van der Waals surface area contributed by atoms with Crippen LogP contribution in [0.1, 0.15) is 35.2 Å². The van der Waals surface area contributed by atoms with Crippen molar-refractivity contribution in [3.63, 3.8) is 0 Å². The average molecular weight is 201 g/mol. The molecule has 0 heterocycles. The van der Waals surface area contributed by atoms with Crippen molar-refractivity contribution in [2.24, 2.45) is 0 Å². The van der Waals surface area contributed by atoms with E-state index in [1.54, 1.807) is 0 Å². The Morgan fingerprint density at radius 3 is 2.20 bits per heavy atom. The van der Waals surface area contributed by atoms with Crippen molar-refractivity contribution < 1.29 is 0 Å². The molecule has 15 heavy (non-hydrogen) atoms. The van der Waals surface area contributed by atoms with E-state index in [9.17, 15) is 0 Å². The predicted molar refractivity (Wildman–Crippen MR) is 65.9 cm³/mol. The summed E-state index contributed by atoms with van der Waals surface area (Å²) < 4.78 is 0. The van der Waals surface area contributed by atoms with Gasteiger partial charge in [0.2, 0.25) is 0 Å². The molecule has 0 aromatic heterocycles. The molecular formula is C14H19N. The predicted octanol–water partition coefficient (Wildman–Crippen LogP) is 2.90. The highest BCUT2D eigenvalue weighted by molar-refractivity contribution is 5.42. The van der Waals surface area contributed by atoms with Gasteiger partial charge in [-0.2, -0.15) is 0 Å². The first kappa shape index (κ1) is 11.8. The average Bonchev–Trinajstić information content (AvgIpc) is 2.14. The molecule has 1 unspecified atom stereocenters. The Hall–Kier alpha value is -1.26. The van der Waals surface area contributed by atoms with Crippen LogP contribution in [-0.2, 0) is 0 Å². The minimum atomic E-state index is 0.0376. The molecular weight excluding hydrogens is 182 g/mol. The van der Waals surface area contributed by atoms with E-state index in [0.29, 0.717) is 0 Å². The molecule has 1 heteroatoms. The quantitative estimate of drug-likeness (QED) is 0.741. The van der Waals surface area contributed by atoms with Crippen LogP contribution in [0.15, 0.2) is 12.1 Å². The molecule has 1 rings (SSSR count). The summed E-state index contributed by atoms with van der Waals surface area (Å²) in [4.78, 5) is 0. The van der Waals surface area contributed by atoms with Crippen molar-refractivity contribution >= 4 is 0 Å². The minimum absolute atomic E-state index is 0.0376. The SMILES string of the molecule is C#CC(NCC)c1c(C)cc(C)cc1C. The number of benzene rings is 1. The van der Waals surface area contributed by atoms with E-state index in [0.717, 1.165) is 6.54 Å². The van der Waals surface area contributed by atoms with E-state index in [2.05, 4.69) is 51.1 Å². The third-order valence-corrected chi connectivity index (χ3v) is 2.60. The van der Waals surface area contributed by atoms with Gasteiger partial charge in [-0.15, -0.1) is 6.42 Å². The third kappa shape index (κ3) is 2.61. The number of hydrogen-bond donors (Lipinski definition) is 1. The van der Waals surface area contributed by atoms with Gasteiger partial charge in [0.15, 0.2) is 0 Å². The normalized spacial score (nSPS) is 12.2. The lowest BCUT2D eigenvalue weighted by Gasteiger charge is -2.18. The number of rotatable bonds is 3. The van der Waals surface area contributed by atoms with Gasteiger partial charge >= 0.3 is 0 Å². The Morgan fingerprint density at radius 2 is 1.80 bits per heavy atom. The fraction of sp³-hybridized carbons (Fsp3) is 0.429. The summed E-state index contributed by atoms with van der Waals surface area (Å²) in [5.74, 6) is 2.81. The lowest BCUT2D eigenvalue weighted by Crippen LogP contribution is -2.21. The molecule has 0 saturated heterocycles. The number of nitrogens with one attached hydrogen (secondary N) is 1. The zero-order valence-electron chi connectivity index (χ0n) is 10.0. The van der Waals surface area contributed by atoms with E-state index in [1.165, 1.54) is 22.3 Å². The van der Waals surface area contributed by atoms with Crippen LogP contribution in [0, 0.1) is 33.1 Å². The molecule has 1 aromatic rings. The molecule has 0 amide bonds. The van der Waals surface area contributed by atoms with Crippen LogP contribution in [0.4, 0.5) is 0 Å². The first-order valence-corrected chi connectivity index (χ1v) is 5.37. The van der Waals surface area contributed by atoms with Gasteiger partial charge in [0.1, 0.15) is 0 Å². The van der Waals surface area contributed by atoms with E-state index in [1.807, 2.05) is 0 Å².